The van der Waals surface area contributed by atoms with Gasteiger partial charge in [-0.25, -0.2) is 4.39 Å². The molecule has 3 nitrogen and oxygen atoms in total. The zero-order chi connectivity index (χ0) is 15.2. The predicted octanol–water partition coefficient (Wildman–Crippen LogP) is 2.72. The standard InChI is InChI=1S/C16H24ClFN2O/c1-3-19-15(16-11-20(4-2)7-8-21-16)10-12-5-6-14(18)13(17)9-12/h5-6,9,15-16,19H,3-4,7-8,10-11H2,1-2H3. The van der Waals surface area contributed by atoms with E-state index < -0.39 is 0 Å². The van der Waals surface area contributed by atoms with Gasteiger partial charge in [0.2, 0.25) is 0 Å². The van der Waals surface area contributed by atoms with Crippen molar-refractivity contribution in [2.45, 2.75) is 32.4 Å². The summed E-state index contributed by atoms with van der Waals surface area (Å²) < 4.78 is 19.2. The third-order valence-corrected chi connectivity index (χ3v) is 4.27. The lowest BCUT2D eigenvalue weighted by Crippen LogP contribution is -2.53. The molecule has 1 aromatic rings. The van der Waals surface area contributed by atoms with E-state index in [1.165, 1.54) is 6.07 Å². The molecule has 0 aliphatic carbocycles. The molecule has 2 atom stereocenters. The SMILES string of the molecule is CCNC(Cc1ccc(F)c(Cl)c1)C1CN(CC)CCO1. The number of rotatable bonds is 6. The van der Waals surface area contributed by atoms with Gasteiger partial charge >= 0.3 is 0 Å². The first-order valence-corrected chi connectivity index (χ1v) is 8.03. The summed E-state index contributed by atoms with van der Waals surface area (Å²) in [6.45, 7) is 8.88. The van der Waals surface area contributed by atoms with Crippen LogP contribution in [-0.2, 0) is 11.2 Å². The quantitative estimate of drug-likeness (QED) is 0.874. The van der Waals surface area contributed by atoms with Crippen LogP contribution >= 0.6 is 11.6 Å². The normalized spacial score (nSPS) is 21.4. The van der Waals surface area contributed by atoms with Crippen LogP contribution in [0, 0.1) is 5.82 Å². The van der Waals surface area contributed by atoms with Crippen LogP contribution in [0.3, 0.4) is 0 Å². The minimum Gasteiger partial charge on any atom is -0.374 e. The first-order chi connectivity index (χ1) is 10.1. The maximum absolute atomic E-state index is 13.3. The van der Waals surface area contributed by atoms with Crippen LogP contribution in [0.4, 0.5) is 4.39 Å². The second-order valence-electron chi connectivity index (χ2n) is 5.42. The molecule has 1 aromatic carbocycles. The van der Waals surface area contributed by atoms with E-state index in [2.05, 4.69) is 24.1 Å². The summed E-state index contributed by atoms with van der Waals surface area (Å²) in [6.07, 6.45) is 0.943. The zero-order valence-electron chi connectivity index (χ0n) is 12.7. The summed E-state index contributed by atoms with van der Waals surface area (Å²) in [5.41, 5.74) is 1.03. The lowest BCUT2D eigenvalue weighted by molar-refractivity contribution is -0.0445. The molecular weight excluding hydrogens is 291 g/mol. The minimum absolute atomic E-state index is 0.155. The summed E-state index contributed by atoms with van der Waals surface area (Å²) in [4.78, 5) is 2.40. The summed E-state index contributed by atoms with van der Waals surface area (Å²) in [7, 11) is 0. The van der Waals surface area contributed by atoms with E-state index in [0.29, 0.717) is 0 Å². The zero-order valence-corrected chi connectivity index (χ0v) is 13.5. The molecule has 1 heterocycles. The van der Waals surface area contributed by atoms with Crippen molar-refractivity contribution in [3.63, 3.8) is 0 Å². The van der Waals surface area contributed by atoms with Crippen LogP contribution < -0.4 is 5.32 Å². The van der Waals surface area contributed by atoms with E-state index >= 15 is 0 Å². The third-order valence-electron chi connectivity index (χ3n) is 3.98. The molecule has 0 amide bonds. The Morgan fingerprint density at radius 3 is 2.95 bits per heavy atom. The molecular formula is C16H24ClFN2O. The molecule has 1 N–H and O–H groups in total. The maximum atomic E-state index is 13.3. The number of nitrogens with one attached hydrogen (secondary N) is 1. The molecule has 118 valence electrons. The average Bonchev–Trinajstić information content (AvgIpc) is 2.50. The van der Waals surface area contributed by atoms with Crippen molar-refractivity contribution in [1.29, 1.82) is 0 Å². The summed E-state index contributed by atoms with van der Waals surface area (Å²) in [6, 6.07) is 5.15. The fourth-order valence-corrected chi connectivity index (χ4v) is 2.98. The van der Waals surface area contributed by atoms with Crippen molar-refractivity contribution >= 4 is 11.6 Å². The number of ether oxygens (including phenoxy) is 1. The summed E-state index contributed by atoms with van der Waals surface area (Å²) >= 11 is 5.87. The first kappa shape index (κ1) is 16.7. The molecule has 5 heteroatoms. The van der Waals surface area contributed by atoms with Crippen LogP contribution in [0.25, 0.3) is 0 Å². The van der Waals surface area contributed by atoms with Crippen molar-refractivity contribution in [3.05, 3.63) is 34.6 Å². The Morgan fingerprint density at radius 2 is 2.29 bits per heavy atom. The molecule has 1 fully saturated rings. The monoisotopic (exact) mass is 314 g/mol. The molecule has 0 radical (unpaired) electrons. The van der Waals surface area contributed by atoms with E-state index in [1.54, 1.807) is 12.1 Å². The number of hydrogen-bond donors (Lipinski definition) is 1. The van der Waals surface area contributed by atoms with Crippen molar-refractivity contribution in [1.82, 2.24) is 10.2 Å². The number of hydrogen-bond acceptors (Lipinski definition) is 3. The fourth-order valence-electron chi connectivity index (χ4n) is 2.78. The molecule has 0 spiro atoms. The van der Waals surface area contributed by atoms with Crippen LogP contribution in [-0.4, -0.2) is 49.8 Å². The molecule has 0 aromatic heterocycles. The lowest BCUT2D eigenvalue weighted by Gasteiger charge is -2.37. The molecule has 0 bridgehead atoms. The van der Waals surface area contributed by atoms with Gasteiger partial charge in [0.1, 0.15) is 5.82 Å². The molecule has 2 unspecified atom stereocenters. The highest BCUT2D eigenvalue weighted by Gasteiger charge is 2.27. The summed E-state index contributed by atoms with van der Waals surface area (Å²) in [5, 5.41) is 3.67. The van der Waals surface area contributed by atoms with Gasteiger partial charge < -0.3 is 10.1 Å². The van der Waals surface area contributed by atoms with E-state index in [9.17, 15) is 4.39 Å². The Hall–Kier alpha value is -0.680. The van der Waals surface area contributed by atoms with Gasteiger partial charge in [0, 0.05) is 19.1 Å². The average molecular weight is 315 g/mol. The highest BCUT2D eigenvalue weighted by molar-refractivity contribution is 6.30. The lowest BCUT2D eigenvalue weighted by atomic mass is 9.99. The van der Waals surface area contributed by atoms with Crippen molar-refractivity contribution < 1.29 is 9.13 Å². The van der Waals surface area contributed by atoms with E-state index in [0.717, 1.165) is 44.8 Å². The Bertz CT molecular complexity index is 458. The van der Waals surface area contributed by atoms with Crippen LogP contribution in [0.1, 0.15) is 19.4 Å². The Balaban J connectivity index is 2.05. The molecule has 1 saturated heterocycles. The predicted molar refractivity (Wildman–Crippen MR) is 84.4 cm³/mol. The third kappa shape index (κ3) is 4.65. The van der Waals surface area contributed by atoms with E-state index in [1.807, 2.05) is 0 Å². The number of morpholine rings is 1. The highest BCUT2D eigenvalue weighted by Crippen LogP contribution is 2.19. The second kappa shape index (κ2) is 8.08. The number of halogens is 2. The van der Waals surface area contributed by atoms with Gasteiger partial charge in [-0.1, -0.05) is 31.5 Å². The smallest absolute Gasteiger partial charge is 0.141 e. The van der Waals surface area contributed by atoms with Gasteiger partial charge in [0.15, 0.2) is 0 Å². The largest absolute Gasteiger partial charge is 0.374 e. The van der Waals surface area contributed by atoms with Crippen molar-refractivity contribution in [2.75, 3.05) is 32.8 Å². The van der Waals surface area contributed by atoms with Gasteiger partial charge in [-0.3, -0.25) is 4.90 Å². The molecule has 1 aliphatic heterocycles. The number of likely N-dealkylation sites (N-methyl/N-ethyl adjacent to an activating group) is 2. The Morgan fingerprint density at radius 1 is 1.48 bits per heavy atom. The van der Waals surface area contributed by atoms with Gasteiger partial charge in [-0.05, 0) is 37.2 Å². The number of benzene rings is 1. The second-order valence-corrected chi connectivity index (χ2v) is 5.83. The van der Waals surface area contributed by atoms with Crippen LogP contribution in [0.15, 0.2) is 18.2 Å². The molecule has 1 aliphatic rings. The van der Waals surface area contributed by atoms with Crippen LogP contribution in [0.2, 0.25) is 5.02 Å². The van der Waals surface area contributed by atoms with E-state index in [-0.39, 0.29) is 23.0 Å². The van der Waals surface area contributed by atoms with Crippen LogP contribution in [0.5, 0.6) is 0 Å². The van der Waals surface area contributed by atoms with E-state index in [4.69, 9.17) is 16.3 Å². The topological polar surface area (TPSA) is 24.5 Å². The first-order valence-electron chi connectivity index (χ1n) is 7.65. The van der Waals surface area contributed by atoms with Crippen molar-refractivity contribution in [3.8, 4) is 0 Å². The molecule has 0 saturated carbocycles. The Kier molecular flexibility index (Phi) is 6.42. The minimum atomic E-state index is -0.369. The maximum Gasteiger partial charge on any atom is 0.141 e. The van der Waals surface area contributed by atoms with Crippen molar-refractivity contribution in [2.24, 2.45) is 0 Å². The number of nitrogens with zero attached hydrogens (tertiary/aromatic N) is 1. The molecule has 2 rings (SSSR count). The molecule has 21 heavy (non-hydrogen) atoms. The fraction of sp³-hybridized carbons (Fsp3) is 0.625. The van der Waals surface area contributed by atoms with Gasteiger partial charge in [0.05, 0.1) is 17.7 Å². The van der Waals surface area contributed by atoms with Gasteiger partial charge in [0.25, 0.3) is 0 Å². The summed E-state index contributed by atoms with van der Waals surface area (Å²) in [5.74, 6) is -0.369. The van der Waals surface area contributed by atoms with Gasteiger partial charge in [-0.2, -0.15) is 0 Å². The Labute approximate surface area is 131 Å². The van der Waals surface area contributed by atoms with Gasteiger partial charge in [-0.15, -0.1) is 0 Å². The highest BCUT2D eigenvalue weighted by atomic mass is 35.5.